The van der Waals surface area contributed by atoms with E-state index in [1.165, 1.54) is 4.90 Å². The van der Waals surface area contributed by atoms with Crippen LogP contribution in [0, 0.1) is 0 Å². The summed E-state index contributed by atoms with van der Waals surface area (Å²) in [5.74, 6) is 0.145. The number of hydrogen-bond donors (Lipinski definition) is 1. The number of amides is 2. The van der Waals surface area contributed by atoms with Crippen molar-refractivity contribution >= 4 is 29.1 Å². The molecule has 0 spiro atoms. The number of methoxy groups -OCH3 is 1. The molecule has 0 unspecified atom stereocenters. The van der Waals surface area contributed by atoms with Gasteiger partial charge >= 0.3 is 0 Å². The second-order valence-electron chi connectivity index (χ2n) is 5.09. The van der Waals surface area contributed by atoms with Gasteiger partial charge in [-0.25, -0.2) is 0 Å². The summed E-state index contributed by atoms with van der Waals surface area (Å²) in [7, 11) is 4.87. The third-order valence-electron chi connectivity index (χ3n) is 3.29. The molecule has 23 heavy (non-hydrogen) atoms. The van der Waals surface area contributed by atoms with Gasteiger partial charge in [-0.15, -0.1) is 0 Å². The highest BCUT2D eigenvalue weighted by Crippen LogP contribution is 2.16. The monoisotopic (exact) mass is 335 g/mol. The predicted molar refractivity (Wildman–Crippen MR) is 89.0 cm³/mol. The van der Waals surface area contributed by atoms with Gasteiger partial charge in [-0.2, -0.15) is 0 Å². The van der Waals surface area contributed by atoms with Crippen LogP contribution in [0.5, 0.6) is 5.75 Å². The second-order valence-corrected chi connectivity index (χ2v) is 5.53. The quantitative estimate of drug-likeness (QED) is 0.912. The van der Waals surface area contributed by atoms with Gasteiger partial charge in [-0.3, -0.25) is 9.59 Å². The lowest BCUT2D eigenvalue weighted by Gasteiger charge is -2.17. The third kappa shape index (κ3) is 4.26. The molecule has 0 aliphatic carbocycles. The van der Waals surface area contributed by atoms with E-state index in [4.69, 9.17) is 16.3 Å². The summed E-state index contributed by atoms with van der Waals surface area (Å²) >= 11 is 5.87. The molecular formula is C16H18ClN3O3. The highest BCUT2D eigenvalue weighted by molar-refractivity contribution is 6.31. The van der Waals surface area contributed by atoms with E-state index in [0.717, 1.165) is 0 Å². The maximum atomic E-state index is 12.3. The van der Waals surface area contributed by atoms with Gasteiger partial charge in [-0.05, 0) is 30.3 Å². The molecule has 1 heterocycles. The number of aromatic nitrogens is 1. The van der Waals surface area contributed by atoms with Crippen LogP contribution < -0.4 is 10.1 Å². The first-order valence-corrected chi connectivity index (χ1v) is 7.29. The highest BCUT2D eigenvalue weighted by atomic mass is 35.5. The Bertz CT molecular complexity index is 710. The van der Waals surface area contributed by atoms with E-state index in [0.29, 0.717) is 22.2 Å². The van der Waals surface area contributed by atoms with Crippen molar-refractivity contribution in [2.75, 3.05) is 26.0 Å². The summed E-state index contributed by atoms with van der Waals surface area (Å²) in [6.45, 7) is -0.0618. The topological polar surface area (TPSA) is 63.6 Å². The molecular weight excluding hydrogens is 318 g/mol. The van der Waals surface area contributed by atoms with Crippen molar-refractivity contribution in [3.05, 3.63) is 47.2 Å². The molecule has 0 bridgehead atoms. The van der Waals surface area contributed by atoms with Crippen LogP contribution in [0.4, 0.5) is 5.69 Å². The number of likely N-dealkylation sites (N-methyl/N-ethyl adjacent to an activating group) is 1. The third-order valence-corrected chi connectivity index (χ3v) is 3.50. The fourth-order valence-electron chi connectivity index (χ4n) is 2.09. The summed E-state index contributed by atoms with van der Waals surface area (Å²) < 4.78 is 6.68. The number of nitrogens with zero attached hydrogens (tertiary/aromatic N) is 2. The Balaban J connectivity index is 1.96. The minimum Gasteiger partial charge on any atom is -0.497 e. The van der Waals surface area contributed by atoms with Crippen molar-refractivity contribution in [3.8, 4) is 5.75 Å². The lowest BCUT2D eigenvalue weighted by molar-refractivity contribution is -0.116. The van der Waals surface area contributed by atoms with E-state index < -0.39 is 0 Å². The first-order chi connectivity index (χ1) is 10.9. The van der Waals surface area contributed by atoms with E-state index in [1.807, 2.05) is 0 Å². The smallest absolute Gasteiger partial charge is 0.270 e. The number of rotatable bonds is 5. The van der Waals surface area contributed by atoms with Gasteiger partial charge in [0.2, 0.25) is 5.91 Å². The van der Waals surface area contributed by atoms with Crippen LogP contribution in [-0.4, -0.2) is 42.0 Å². The largest absolute Gasteiger partial charge is 0.497 e. The standard InChI is InChI=1S/C16H18ClN3O3/c1-19-9-11(17)8-14(19)16(22)20(2)10-15(21)18-12-4-6-13(23-3)7-5-12/h4-9H,10H2,1-3H3,(H,18,21). The molecule has 2 amide bonds. The maximum Gasteiger partial charge on any atom is 0.270 e. The zero-order valence-corrected chi connectivity index (χ0v) is 13.9. The van der Waals surface area contributed by atoms with Crippen molar-refractivity contribution in [2.45, 2.75) is 0 Å². The van der Waals surface area contributed by atoms with Gasteiger partial charge in [-0.1, -0.05) is 11.6 Å². The van der Waals surface area contributed by atoms with Gasteiger partial charge in [0.25, 0.3) is 5.91 Å². The summed E-state index contributed by atoms with van der Waals surface area (Å²) in [4.78, 5) is 25.7. The Labute approximate surface area is 139 Å². The summed E-state index contributed by atoms with van der Waals surface area (Å²) in [5, 5.41) is 3.21. The molecule has 1 aromatic heterocycles. The van der Waals surface area contributed by atoms with Crippen molar-refractivity contribution in [3.63, 3.8) is 0 Å². The van der Waals surface area contributed by atoms with Crippen LogP contribution in [-0.2, 0) is 11.8 Å². The number of carbonyl (C=O) groups is 2. The van der Waals surface area contributed by atoms with E-state index in [1.54, 1.807) is 62.3 Å². The van der Waals surface area contributed by atoms with E-state index in [-0.39, 0.29) is 18.4 Å². The summed E-state index contributed by atoms with van der Waals surface area (Å²) in [5.41, 5.74) is 1.06. The molecule has 2 aromatic rings. The van der Waals surface area contributed by atoms with Gasteiger partial charge in [0.05, 0.1) is 18.7 Å². The fraction of sp³-hybridized carbons (Fsp3) is 0.250. The van der Waals surface area contributed by atoms with Crippen LogP contribution in [0.15, 0.2) is 36.5 Å². The average molecular weight is 336 g/mol. The predicted octanol–water partition coefficient (Wildman–Crippen LogP) is 2.40. The maximum absolute atomic E-state index is 12.3. The normalized spacial score (nSPS) is 10.3. The number of ether oxygens (including phenoxy) is 1. The van der Waals surface area contributed by atoms with Crippen LogP contribution in [0.25, 0.3) is 0 Å². The van der Waals surface area contributed by atoms with Crippen LogP contribution in [0.2, 0.25) is 5.02 Å². The number of halogens is 1. The zero-order valence-electron chi connectivity index (χ0n) is 13.2. The fourth-order valence-corrected chi connectivity index (χ4v) is 2.34. The number of aryl methyl sites for hydroxylation is 1. The Kier molecular flexibility index (Phi) is 5.28. The Morgan fingerprint density at radius 3 is 2.48 bits per heavy atom. The zero-order chi connectivity index (χ0) is 17.0. The molecule has 0 saturated carbocycles. The van der Waals surface area contributed by atoms with Gasteiger partial charge in [0.15, 0.2) is 0 Å². The van der Waals surface area contributed by atoms with Gasteiger partial charge in [0, 0.05) is 26.0 Å². The Morgan fingerprint density at radius 1 is 1.30 bits per heavy atom. The van der Waals surface area contributed by atoms with Crippen molar-refractivity contribution in [1.82, 2.24) is 9.47 Å². The molecule has 7 heteroatoms. The van der Waals surface area contributed by atoms with Crippen LogP contribution in [0.1, 0.15) is 10.5 Å². The molecule has 2 rings (SSSR count). The number of carbonyl (C=O) groups excluding carboxylic acids is 2. The lowest BCUT2D eigenvalue weighted by atomic mass is 10.3. The molecule has 1 aromatic carbocycles. The van der Waals surface area contributed by atoms with E-state index >= 15 is 0 Å². The first-order valence-electron chi connectivity index (χ1n) is 6.92. The molecule has 0 saturated heterocycles. The lowest BCUT2D eigenvalue weighted by Crippen LogP contribution is -2.35. The minimum atomic E-state index is -0.286. The number of nitrogens with one attached hydrogen (secondary N) is 1. The molecule has 0 aliphatic rings. The molecule has 6 nitrogen and oxygen atoms in total. The Morgan fingerprint density at radius 2 is 1.96 bits per heavy atom. The molecule has 0 atom stereocenters. The molecule has 0 fully saturated rings. The SMILES string of the molecule is COc1ccc(NC(=O)CN(C)C(=O)c2cc(Cl)cn2C)cc1. The average Bonchev–Trinajstić information content (AvgIpc) is 2.85. The highest BCUT2D eigenvalue weighted by Gasteiger charge is 2.18. The minimum absolute atomic E-state index is 0.0618. The summed E-state index contributed by atoms with van der Waals surface area (Å²) in [6, 6.07) is 8.53. The van der Waals surface area contributed by atoms with Crippen molar-refractivity contribution < 1.29 is 14.3 Å². The summed E-state index contributed by atoms with van der Waals surface area (Å²) in [6.07, 6.45) is 1.64. The Hall–Kier alpha value is -2.47. The number of anilines is 1. The second kappa shape index (κ2) is 7.19. The van der Waals surface area contributed by atoms with Crippen molar-refractivity contribution in [2.24, 2.45) is 7.05 Å². The van der Waals surface area contributed by atoms with Crippen LogP contribution in [0.3, 0.4) is 0 Å². The molecule has 0 aliphatic heterocycles. The number of hydrogen-bond acceptors (Lipinski definition) is 3. The van der Waals surface area contributed by atoms with E-state index in [9.17, 15) is 9.59 Å². The van der Waals surface area contributed by atoms with Gasteiger partial charge < -0.3 is 19.5 Å². The number of benzene rings is 1. The molecule has 122 valence electrons. The van der Waals surface area contributed by atoms with Crippen molar-refractivity contribution in [1.29, 1.82) is 0 Å². The van der Waals surface area contributed by atoms with Gasteiger partial charge in [0.1, 0.15) is 11.4 Å². The van der Waals surface area contributed by atoms with Crippen LogP contribution >= 0.6 is 11.6 Å². The first kappa shape index (κ1) is 16.9. The van der Waals surface area contributed by atoms with E-state index in [2.05, 4.69) is 5.32 Å². The molecule has 1 N–H and O–H groups in total. The molecule has 0 radical (unpaired) electrons.